The number of hydrogen-bond donors (Lipinski definition) is 1. The molecule has 17 heavy (non-hydrogen) atoms. The number of hydrogen-bond acceptors (Lipinski definition) is 3. The lowest BCUT2D eigenvalue weighted by Crippen LogP contribution is -2.44. The van der Waals surface area contributed by atoms with E-state index in [0.29, 0.717) is 19.5 Å². The Labute approximate surface area is 99.2 Å². The summed E-state index contributed by atoms with van der Waals surface area (Å²) in [5, 5.41) is 9.01. The minimum atomic E-state index is -0.950. The van der Waals surface area contributed by atoms with Gasteiger partial charge in [0.1, 0.15) is 6.04 Å². The summed E-state index contributed by atoms with van der Waals surface area (Å²) in [5.74, 6) is -1.55. The fourth-order valence-corrected chi connectivity index (χ4v) is 2.55. The molecule has 2 amide bonds. The summed E-state index contributed by atoms with van der Waals surface area (Å²) in [6.07, 6.45) is 1.44. The number of likely N-dealkylation sites (tertiary alicyclic amines) is 2. The average Bonchev–Trinajstić information content (AvgIpc) is 2.85. The summed E-state index contributed by atoms with van der Waals surface area (Å²) in [5.41, 5.74) is 0. The van der Waals surface area contributed by atoms with Crippen LogP contribution in [0.15, 0.2) is 0 Å². The average molecular weight is 240 g/mol. The van der Waals surface area contributed by atoms with Gasteiger partial charge in [-0.15, -0.1) is 0 Å². The fraction of sp³-hybridized carbons (Fsp3) is 0.727. The summed E-state index contributed by atoms with van der Waals surface area (Å²) >= 11 is 0. The molecule has 2 saturated heterocycles. The minimum absolute atomic E-state index is 0.0468. The SMILES string of the molecule is CN1CC(C(=O)N2CCC[C@H]2C(=O)O)CC1=O. The van der Waals surface area contributed by atoms with Crippen molar-refractivity contribution >= 4 is 17.8 Å². The Hall–Kier alpha value is -1.59. The molecule has 2 atom stereocenters. The second-order valence-electron chi connectivity index (χ2n) is 4.70. The lowest BCUT2D eigenvalue weighted by molar-refractivity contribution is -0.149. The maximum Gasteiger partial charge on any atom is 0.326 e. The van der Waals surface area contributed by atoms with Gasteiger partial charge in [0.2, 0.25) is 11.8 Å². The first-order chi connectivity index (χ1) is 8.00. The predicted octanol–water partition coefficient (Wildman–Crippen LogP) is -0.460. The van der Waals surface area contributed by atoms with Gasteiger partial charge >= 0.3 is 5.97 Å². The van der Waals surface area contributed by atoms with E-state index in [1.165, 1.54) is 9.80 Å². The molecule has 94 valence electrons. The first-order valence-electron chi connectivity index (χ1n) is 5.78. The highest BCUT2D eigenvalue weighted by Gasteiger charge is 2.40. The third-order valence-corrected chi connectivity index (χ3v) is 3.51. The molecule has 0 aromatic rings. The number of rotatable bonds is 2. The number of carbonyl (C=O) groups is 3. The molecule has 6 nitrogen and oxygen atoms in total. The van der Waals surface area contributed by atoms with E-state index in [9.17, 15) is 14.4 Å². The number of nitrogens with zero attached hydrogens (tertiary/aromatic N) is 2. The van der Waals surface area contributed by atoms with Crippen LogP contribution in [-0.2, 0) is 14.4 Å². The van der Waals surface area contributed by atoms with Crippen LogP contribution in [0.1, 0.15) is 19.3 Å². The summed E-state index contributed by atoms with van der Waals surface area (Å²) in [6, 6.07) is -0.705. The van der Waals surface area contributed by atoms with E-state index < -0.39 is 12.0 Å². The Morgan fingerprint density at radius 3 is 2.65 bits per heavy atom. The van der Waals surface area contributed by atoms with Crippen LogP contribution < -0.4 is 0 Å². The molecule has 0 spiro atoms. The van der Waals surface area contributed by atoms with Gasteiger partial charge in [0.25, 0.3) is 0 Å². The monoisotopic (exact) mass is 240 g/mol. The van der Waals surface area contributed by atoms with Crippen LogP contribution in [0, 0.1) is 5.92 Å². The van der Waals surface area contributed by atoms with Crippen molar-refractivity contribution in [2.45, 2.75) is 25.3 Å². The van der Waals surface area contributed by atoms with Crippen LogP contribution in [0.25, 0.3) is 0 Å². The Kier molecular flexibility index (Phi) is 3.04. The van der Waals surface area contributed by atoms with Crippen molar-refractivity contribution in [1.82, 2.24) is 9.80 Å². The maximum atomic E-state index is 12.1. The Bertz CT molecular complexity index is 368. The summed E-state index contributed by atoms with van der Waals surface area (Å²) in [6.45, 7) is 0.894. The van der Waals surface area contributed by atoms with E-state index in [2.05, 4.69) is 0 Å². The van der Waals surface area contributed by atoms with Crippen LogP contribution in [-0.4, -0.2) is 58.9 Å². The van der Waals surface area contributed by atoms with Gasteiger partial charge < -0.3 is 14.9 Å². The zero-order valence-corrected chi connectivity index (χ0v) is 9.76. The van der Waals surface area contributed by atoms with Crippen molar-refractivity contribution in [2.75, 3.05) is 20.1 Å². The standard InChI is InChI=1S/C11H16N2O4/c1-12-6-7(5-9(12)14)10(15)13-4-2-3-8(13)11(16)17/h7-8H,2-6H2,1H3,(H,16,17)/t7?,8-/m0/s1. The van der Waals surface area contributed by atoms with Crippen molar-refractivity contribution < 1.29 is 19.5 Å². The summed E-state index contributed by atoms with van der Waals surface area (Å²) in [4.78, 5) is 37.4. The van der Waals surface area contributed by atoms with Crippen LogP contribution in [0.5, 0.6) is 0 Å². The first kappa shape index (κ1) is 11.9. The van der Waals surface area contributed by atoms with Crippen molar-refractivity contribution in [3.8, 4) is 0 Å². The molecular formula is C11H16N2O4. The molecule has 1 N–H and O–H groups in total. The minimum Gasteiger partial charge on any atom is -0.480 e. The van der Waals surface area contributed by atoms with Gasteiger partial charge in [-0.2, -0.15) is 0 Å². The third-order valence-electron chi connectivity index (χ3n) is 3.51. The highest BCUT2D eigenvalue weighted by Crippen LogP contribution is 2.24. The lowest BCUT2D eigenvalue weighted by Gasteiger charge is -2.24. The van der Waals surface area contributed by atoms with Crippen LogP contribution >= 0.6 is 0 Å². The van der Waals surface area contributed by atoms with Crippen molar-refractivity contribution in [3.05, 3.63) is 0 Å². The predicted molar refractivity (Wildman–Crippen MR) is 58.1 cm³/mol. The van der Waals surface area contributed by atoms with Gasteiger partial charge in [-0.1, -0.05) is 0 Å². The van der Waals surface area contributed by atoms with E-state index in [1.807, 2.05) is 0 Å². The van der Waals surface area contributed by atoms with Crippen LogP contribution in [0.4, 0.5) is 0 Å². The van der Waals surface area contributed by atoms with E-state index in [0.717, 1.165) is 6.42 Å². The van der Waals surface area contributed by atoms with Crippen molar-refractivity contribution in [1.29, 1.82) is 0 Å². The first-order valence-corrected chi connectivity index (χ1v) is 5.78. The zero-order valence-electron chi connectivity index (χ0n) is 9.76. The van der Waals surface area contributed by atoms with Crippen molar-refractivity contribution in [2.24, 2.45) is 5.92 Å². The highest BCUT2D eigenvalue weighted by molar-refractivity contribution is 5.91. The molecule has 0 aromatic heterocycles. The molecule has 6 heteroatoms. The summed E-state index contributed by atoms with van der Waals surface area (Å²) in [7, 11) is 1.66. The summed E-state index contributed by atoms with van der Waals surface area (Å²) < 4.78 is 0. The molecule has 2 aliphatic rings. The number of carbonyl (C=O) groups excluding carboxylic acids is 2. The number of amides is 2. The van der Waals surface area contributed by atoms with Gasteiger partial charge in [0.05, 0.1) is 5.92 Å². The molecule has 0 aromatic carbocycles. The van der Waals surface area contributed by atoms with Gasteiger partial charge in [0.15, 0.2) is 0 Å². The quantitative estimate of drug-likeness (QED) is 0.708. The molecule has 0 radical (unpaired) electrons. The van der Waals surface area contributed by atoms with E-state index >= 15 is 0 Å². The van der Waals surface area contributed by atoms with E-state index in [-0.39, 0.29) is 24.2 Å². The number of carboxylic acids is 1. The van der Waals surface area contributed by atoms with Gasteiger partial charge in [-0.25, -0.2) is 4.79 Å². The molecule has 0 saturated carbocycles. The maximum absolute atomic E-state index is 12.1. The zero-order chi connectivity index (χ0) is 12.6. The molecule has 2 aliphatic heterocycles. The highest BCUT2D eigenvalue weighted by atomic mass is 16.4. The van der Waals surface area contributed by atoms with E-state index in [4.69, 9.17) is 5.11 Å². The second kappa shape index (κ2) is 4.35. The fourth-order valence-electron chi connectivity index (χ4n) is 2.55. The Balaban J connectivity index is 2.05. The molecule has 0 aliphatic carbocycles. The van der Waals surface area contributed by atoms with Gasteiger partial charge in [-0.05, 0) is 12.8 Å². The molecule has 1 unspecified atom stereocenters. The second-order valence-corrected chi connectivity index (χ2v) is 4.70. The van der Waals surface area contributed by atoms with E-state index in [1.54, 1.807) is 7.05 Å². The lowest BCUT2D eigenvalue weighted by atomic mass is 10.1. The molecule has 2 rings (SSSR count). The molecule has 2 heterocycles. The Morgan fingerprint density at radius 2 is 2.12 bits per heavy atom. The topological polar surface area (TPSA) is 77.9 Å². The molecule has 0 bridgehead atoms. The largest absolute Gasteiger partial charge is 0.480 e. The number of carboxylic acid groups (broad SMARTS) is 1. The normalized spacial score (nSPS) is 28.9. The van der Waals surface area contributed by atoms with Crippen LogP contribution in [0.2, 0.25) is 0 Å². The smallest absolute Gasteiger partial charge is 0.326 e. The van der Waals surface area contributed by atoms with Crippen molar-refractivity contribution in [3.63, 3.8) is 0 Å². The van der Waals surface area contributed by atoms with Gasteiger partial charge in [-0.3, -0.25) is 9.59 Å². The third kappa shape index (κ3) is 2.11. The Morgan fingerprint density at radius 1 is 1.41 bits per heavy atom. The van der Waals surface area contributed by atoms with Crippen LogP contribution in [0.3, 0.4) is 0 Å². The molecular weight excluding hydrogens is 224 g/mol. The number of aliphatic carboxylic acids is 1. The van der Waals surface area contributed by atoms with Gasteiger partial charge in [0, 0.05) is 26.6 Å². The molecule has 2 fully saturated rings.